The summed E-state index contributed by atoms with van der Waals surface area (Å²) in [5, 5.41) is 8.08. The highest BCUT2D eigenvalue weighted by Crippen LogP contribution is 2.24. The Labute approximate surface area is 146 Å². The third-order valence-corrected chi connectivity index (χ3v) is 4.53. The molecular weight excluding hydrogens is 320 g/mol. The second-order valence-corrected chi connectivity index (χ2v) is 6.33. The molecule has 1 saturated carbocycles. The molecule has 0 saturated heterocycles. The van der Waals surface area contributed by atoms with Crippen molar-refractivity contribution < 1.29 is 14.3 Å². The third-order valence-electron chi connectivity index (χ3n) is 4.53. The Morgan fingerprint density at radius 1 is 1.32 bits per heavy atom. The van der Waals surface area contributed by atoms with Crippen molar-refractivity contribution in [2.75, 3.05) is 13.7 Å². The maximum Gasteiger partial charge on any atom is 0.325 e. The van der Waals surface area contributed by atoms with Gasteiger partial charge in [0.05, 0.1) is 19.0 Å². The van der Waals surface area contributed by atoms with Crippen molar-refractivity contribution >= 4 is 11.9 Å². The quantitative estimate of drug-likeness (QED) is 0.778. The summed E-state index contributed by atoms with van der Waals surface area (Å²) in [6, 6.07) is 7.84. The molecule has 132 valence electrons. The molecule has 0 bridgehead atoms. The lowest BCUT2D eigenvalue weighted by molar-refractivity contribution is -0.141. The van der Waals surface area contributed by atoms with Crippen molar-refractivity contribution in [1.29, 1.82) is 0 Å². The number of aromatic nitrogens is 3. The highest BCUT2D eigenvalue weighted by molar-refractivity contribution is 5.94. The topological polar surface area (TPSA) is 77.3 Å². The van der Waals surface area contributed by atoms with Gasteiger partial charge in [0.25, 0.3) is 5.91 Å². The number of rotatable bonds is 5. The highest BCUT2D eigenvalue weighted by atomic mass is 16.5. The van der Waals surface area contributed by atoms with Gasteiger partial charge in [0.2, 0.25) is 0 Å². The van der Waals surface area contributed by atoms with Gasteiger partial charge in [-0.25, -0.2) is 4.68 Å². The Bertz CT molecular complexity index is 765. The fraction of sp³-hybridized carbons (Fsp3) is 0.444. The van der Waals surface area contributed by atoms with Crippen molar-refractivity contribution in [1.82, 2.24) is 19.9 Å². The molecule has 25 heavy (non-hydrogen) atoms. The predicted octanol–water partition coefficient (Wildman–Crippen LogP) is 2.13. The smallest absolute Gasteiger partial charge is 0.325 e. The largest absolute Gasteiger partial charge is 0.468 e. The first-order valence-electron chi connectivity index (χ1n) is 8.45. The van der Waals surface area contributed by atoms with Crippen molar-refractivity contribution in [2.24, 2.45) is 0 Å². The third kappa shape index (κ3) is 3.87. The Balaban J connectivity index is 1.83. The summed E-state index contributed by atoms with van der Waals surface area (Å²) in [6.07, 6.45) is 5.52. The zero-order chi connectivity index (χ0) is 17.8. The minimum atomic E-state index is -0.425. The number of nitrogens with zero attached hydrogens (tertiary/aromatic N) is 4. The number of methoxy groups -OCH3 is 1. The average Bonchev–Trinajstić information content (AvgIpc) is 3.30. The van der Waals surface area contributed by atoms with E-state index in [1.54, 1.807) is 15.8 Å². The molecule has 0 unspecified atom stereocenters. The van der Waals surface area contributed by atoms with E-state index in [9.17, 15) is 9.59 Å². The van der Waals surface area contributed by atoms with Crippen LogP contribution in [0.4, 0.5) is 0 Å². The normalized spacial score (nSPS) is 14.5. The van der Waals surface area contributed by atoms with Crippen LogP contribution in [-0.2, 0) is 9.53 Å². The molecule has 1 aromatic heterocycles. The summed E-state index contributed by atoms with van der Waals surface area (Å²) < 4.78 is 6.31. The van der Waals surface area contributed by atoms with Gasteiger partial charge in [-0.3, -0.25) is 9.59 Å². The molecule has 1 aromatic carbocycles. The number of hydrogen-bond donors (Lipinski definition) is 0. The number of carbonyl (C=O) groups is 2. The molecule has 0 radical (unpaired) electrons. The lowest BCUT2D eigenvalue weighted by atomic mass is 10.2. The number of carbonyl (C=O) groups excluding carboxylic acids is 2. The fourth-order valence-electron chi connectivity index (χ4n) is 3.19. The molecule has 0 atom stereocenters. The molecule has 0 aliphatic heterocycles. The summed E-state index contributed by atoms with van der Waals surface area (Å²) in [5.74, 6) is -0.706. The van der Waals surface area contributed by atoms with E-state index in [1.807, 2.05) is 31.2 Å². The Kier molecular flexibility index (Phi) is 5.11. The molecule has 1 aliphatic rings. The number of amides is 1. The molecule has 1 aliphatic carbocycles. The van der Waals surface area contributed by atoms with Gasteiger partial charge < -0.3 is 9.64 Å². The molecule has 3 rings (SSSR count). The maximum atomic E-state index is 12.9. The lowest BCUT2D eigenvalue weighted by Crippen LogP contribution is -2.42. The van der Waals surface area contributed by atoms with E-state index in [1.165, 1.54) is 7.11 Å². The SMILES string of the molecule is COC(=O)CN(C(=O)c1cn(-c2cccc(C)c2)nn1)C1CCCC1. The lowest BCUT2D eigenvalue weighted by Gasteiger charge is -2.26. The van der Waals surface area contributed by atoms with Gasteiger partial charge in [-0.05, 0) is 37.5 Å². The van der Waals surface area contributed by atoms with Crippen LogP contribution < -0.4 is 0 Å². The highest BCUT2D eigenvalue weighted by Gasteiger charge is 2.30. The van der Waals surface area contributed by atoms with Gasteiger partial charge in [0.15, 0.2) is 5.69 Å². The zero-order valence-corrected chi connectivity index (χ0v) is 14.5. The van der Waals surface area contributed by atoms with E-state index < -0.39 is 5.97 Å². The molecule has 7 heteroatoms. The summed E-state index contributed by atoms with van der Waals surface area (Å²) >= 11 is 0. The number of ether oxygens (including phenoxy) is 1. The van der Waals surface area contributed by atoms with Crippen LogP contribution in [-0.4, -0.2) is 51.5 Å². The van der Waals surface area contributed by atoms with Crippen LogP contribution in [0.1, 0.15) is 41.7 Å². The summed E-state index contributed by atoms with van der Waals surface area (Å²) in [5.41, 5.74) is 2.17. The first-order chi connectivity index (χ1) is 12.1. The van der Waals surface area contributed by atoms with Crippen LogP contribution >= 0.6 is 0 Å². The van der Waals surface area contributed by atoms with Crippen LogP contribution in [0.3, 0.4) is 0 Å². The second kappa shape index (κ2) is 7.46. The monoisotopic (exact) mass is 342 g/mol. The Morgan fingerprint density at radius 3 is 2.76 bits per heavy atom. The summed E-state index contributed by atoms with van der Waals surface area (Å²) in [4.78, 5) is 26.2. The standard InChI is InChI=1S/C18H22N4O3/c1-13-6-5-9-15(10-13)22-11-16(19-20-22)18(24)21(12-17(23)25-2)14-7-3-4-8-14/h5-6,9-11,14H,3-4,7-8,12H2,1-2H3. The van der Waals surface area contributed by atoms with Gasteiger partial charge in [-0.15, -0.1) is 5.10 Å². The summed E-state index contributed by atoms with van der Waals surface area (Å²) in [6.45, 7) is 1.93. The van der Waals surface area contributed by atoms with E-state index in [0.717, 1.165) is 36.9 Å². The predicted molar refractivity (Wildman–Crippen MR) is 91.4 cm³/mol. The molecule has 0 N–H and O–H groups in total. The number of aryl methyl sites for hydroxylation is 1. The van der Waals surface area contributed by atoms with Crippen LogP contribution in [0.2, 0.25) is 0 Å². The van der Waals surface area contributed by atoms with E-state index >= 15 is 0 Å². The van der Waals surface area contributed by atoms with Crippen LogP contribution in [0.25, 0.3) is 5.69 Å². The van der Waals surface area contributed by atoms with Gasteiger partial charge in [0.1, 0.15) is 6.54 Å². The van der Waals surface area contributed by atoms with Crippen molar-refractivity contribution in [3.05, 3.63) is 41.7 Å². The molecule has 1 amide bonds. The van der Waals surface area contributed by atoms with E-state index in [-0.39, 0.29) is 24.2 Å². The van der Waals surface area contributed by atoms with E-state index in [4.69, 9.17) is 4.74 Å². The minimum Gasteiger partial charge on any atom is -0.468 e. The summed E-state index contributed by atoms with van der Waals surface area (Å²) in [7, 11) is 1.33. The molecule has 2 aromatic rings. The van der Waals surface area contributed by atoms with Crippen LogP contribution in [0.15, 0.2) is 30.5 Å². The van der Waals surface area contributed by atoms with Gasteiger partial charge in [-0.2, -0.15) is 0 Å². The first-order valence-corrected chi connectivity index (χ1v) is 8.45. The first kappa shape index (κ1) is 17.1. The number of hydrogen-bond acceptors (Lipinski definition) is 5. The number of benzene rings is 1. The van der Waals surface area contributed by atoms with Crippen LogP contribution in [0, 0.1) is 6.92 Å². The average molecular weight is 342 g/mol. The molecule has 0 spiro atoms. The molecular formula is C18H22N4O3. The van der Waals surface area contributed by atoms with E-state index in [2.05, 4.69) is 10.3 Å². The van der Waals surface area contributed by atoms with E-state index in [0.29, 0.717) is 0 Å². The molecule has 7 nitrogen and oxygen atoms in total. The van der Waals surface area contributed by atoms with Gasteiger partial charge in [0, 0.05) is 6.04 Å². The maximum absolute atomic E-state index is 12.9. The molecule has 1 fully saturated rings. The fourth-order valence-corrected chi connectivity index (χ4v) is 3.19. The van der Waals surface area contributed by atoms with Crippen molar-refractivity contribution in [3.63, 3.8) is 0 Å². The number of esters is 1. The Morgan fingerprint density at radius 2 is 2.08 bits per heavy atom. The zero-order valence-electron chi connectivity index (χ0n) is 14.5. The molecule has 1 heterocycles. The minimum absolute atomic E-state index is 0.0516. The van der Waals surface area contributed by atoms with Gasteiger partial charge in [-0.1, -0.05) is 30.2 Å². The van der Waals surface area contributed by atoms with Crippen molar-refractivity contribution in [2.45, 2.75) is 38.6 Å². The van der Waals surface area contributed by atoms with Gasteiger partial charge >= 0.3 is 5.97 Å². The van der Waals surface area contributed by atoms with Crippen LogP contribution in [0.5, 0.6) is 0 Å². The second-order valence-electron chi connectivity index (χ2n) is 6.33. The van der Waals surface area contributed by atoms with Crippen molar-refractivity contribution in [3.8, 4) is 5.69 Å². The Hall–Kier alpha value is -2.70.